The zero-order valence-electron chi connectivity index (χ0n) is 23.1. The standard InChI is InChI=1S/C23H24N4O.C4H8.2C2H6/c1-15(17-5-3-4-6-17)21-16(2)28-23(25)20(13-24)22(21)18-7-9-19(10-8-18)27-12-11-26-14-27;1-4-2-3-4;2*1-2/h7-12,14,17,22H,1,3-6,25H2,2H3;4H,2-3H2,1H3;2*1-2H3. The Bertz CT molecular complexity index is 1060. The number of rotatable bonds is 4. The molecule has 5 rings (SSSR count). The maximum absolute atomic E-state index is 9.82. The summed E-state index contributed by atoms with van der Waals surface area (Å²) in [6, 6.07) is 10.4. The Hall–Kier alpha value is -3.26. The van der Waals surface area contributed by atoms with Gasteiger partial charge in [-0.15, -0.1) is 0 Å². The second kappa shape index (κ2) is 14.3. The van der Waals surface area contributed by atoms with Crippen molar-refractivity contribution < 1.29 is 4.74 Å². The fourth-order valence-electron chi connectivity index (χ4n) is 4.54. The van der Waals surface area contributed by atoms with E-state index >= 15 is 0 Å². The third-order valence-electron chi connectivity index (χ3n) is 6.69. The summed E-state index contributed by atoms with van der Waals surface area (Å²) < 4.78 is 7.71. The van der Waals surface area contributed by atoms with Gasteiger partial charge in [0.05, 0.1) is 12.2 Å². The van der Waals surface area contributed by atoms with Crippen LogP contribution in [0.3, 0.4) is 0 Å². The molecule has 0 saturated heterocycles. The number of ether oxygens (including phenoxy) is 1. The van der Waals surface area contributed by atoms with Gasteiger partial charge >= 0.3 is 0 Å². The zero-order chi connectivity index (χ0) is 26.7. The minimum Gasteiger partial charge on any atom is -0.445 e. The highest BCUT2D eigenvalue weighted by atomic mass is 16.5. The third kappa shape index (κ3) is 7.13. The minimum atomic E-state index is -0.247. The van der Waals surface area contributed by atoms with Gasteiger partial charge in [0.1, 0.15) is 17.4 Å². The fraction of sp³-hybridized carbons (Fsp3) is 0.484. The molecule has 194 valence electrons. The van der Waals surface area contributed by atoms with E-state index < -0.39 is 0 Å². The molecule has 2 N–H and O–H groups in total. The lowest BCUT2D eigenvalue weighted by Crippen LogP contribution is -2.22. The molecule has 1 aromatic heterocycles. The molecule has 1 atom stereocenters. The summed E-state index contributed by atoms with van der Waals surface area (Å²) in [7, 11) is 0. The molecule has 0 radical (unpaired) electrons. The molecule has 36 heavy (non-hydrogen) atoms. The minimum absolute atomic E-state index is 0.187. The number of hydrogen-bond acceptors (Lipinski definition) is 4. The van der Waals surface area contributed by atoms with E-state index in [0.717, 1.165) is 46.9 Å². The van der Waals surface area contributed by atoms with Crippen molar-refractivity contribution in [2.75, 3.05) is 0 Å². The van der Waals surface area contributed by atoms with E-state index in [4.69, 9.17) is 10.5 Å². The van der Waals surface area contributed by atoms with Crippen LogP contribution in [0.4, 0.5) is 0 Å². The molecule has 0 spiro atoms. The van der Waals surface area contributed by atoms with Crippen molar-refractivity contribution in [3.05, 3.63) is 83.5 Å². The van der Waals surface area contributed by atoms with E-state index in [1.54, 1.807) is 12.5 Å². The third-order valence-corrected chi connectivity index (χ3v) is 6.69. The molecule has 5 heteroatoms. The lowest BCUT2D eigenvalue weighted by atomic mass is 9.76. The number of benzene rings is 1. The van der Waals surface area contributed by atoms with Crippen molar-refractivity contribution in [3.8, 4) is 11.8 Å². The van der Waals surface area contributed by atoms with Crippen LogP contribution in [0.2, 0.25) is 0 Å². The van der Waals surface area contributed by atoms with Gasteiger partial charge in [0.2, 0.25) is 5.88 Å². The van der Waals surface area contributed by atoms with Gasteiger partial charge in [-0.1, -0.05) is 79.0 Å². The molecule has 0 amide bonds. The van der Waals surface area contributed by atoms with Gasteiger partial charge < -0.3 is 15.0 Å². The van der Waals surface area contributed by atoms with Crippen LogP contribution in [0.15, 0.2) is 77.9 Å². The Morgan fingerprint density at radius 1 is 1.08 bits per heavy atom. The van der Waals surface area contributed by atoms with Gasteiger partial charge in [-0.3, -0.25) is 0 Å². The van der Waals surface area contributed by atoms with Crippen molar-refractivity contribution >= 4 is 0 Å². The second-order valence-electron chi connectivity index (χ2n) is 9.15. The average molecular weight is 489 g/mol. The van der Waals surface area contributed by atoms with Crippen LogP contribution in [0.1, 0.15) is 91.5 Å². The predicted octanol–water partition coefficient (Wildman–Crippen LogP) is 8.17. The molecule has 1 unspecified atom stereocenters. The lowest BCUT2D eigenvalue weighted by molar-refractivity contribution is 0.280. The van der Waals surface area contributed by atoms with E-state index in [1.807, 2.05) is 69.6 Å². The quantitative estimate of drug-likeness (QED) is 0.471. The fourth-order valence-corrected chi connectivity index (χ4v) is 4.54. The topological polar surface area (TPSA) is 76.9 Å². The van der Waals surface area contributed by atoms with Gasteiger partial charge in [0, 0.05) is 23.7 Å². The SMILES string of the molecule is C=C(C1=C(C)OC(N)=C(C#N)C1c1ccc(-n2ccnc2)cc1)C1CCCC1.CC.CC.CC1CC1. The molecule has 1 aliphatic heterocycles. The van der Waals surface area contributed by atoms with Crippen LogP contribution < -0.4 is 5.73 Å². The van der Waals surface area contributed by atoms with E-state index in [9.17, 15) is 5.26 Å². The molecule has 2 aliphatic carbocycles. The van der Waals surface area contributed by atoms with E-state index in [2.05, 4.69) is 24.6 Å². The Kier molecular flexibility index (Phi) is 11.5. The van der Waals surface area contributed by atoms with Crippen LogP contribution in [-0.4, -0.2) is 9.55 Å². The molecule has 2 aromatic rings. The highest BCUT2D eigenvalue weighted by molar-refractivity contribution is 5.55. The Morgan fingerprint density at radius 3 is 2.14 bits per heavy atom. The van der Waals surface area contributed by atoms with Crippen LogP contribution in [0.5, 0.6) is 0 Å². The van der Waals surface area contributed by atoms with Crippen molar-refractivity contribution in [2.24, 2.45) is 17.6 Å². The van der Waals surface area contributed by atoms with Crippen LogP contribution >= 0.6 is 0 Å². The molecule has 2 heterocycles. The highest BCUT2D eigenvalue weighted by Crippen LogP contribution is 2.46. The molecule has 5 nitrogen and oxygen atoms in total. The van der Waals surface area contributed by atoms with Gasteiger partial charge in [-0.25, -0.2) is 4.98 Å². The maximum atomic E-state index is 9.82. The van der Waals surface area contributed by atoms with Crippen LogP contribution in [0.25, 0.3) is 5.69 Å². The molecular formula is C31H44N4O. The number of nitriles is 1. The zero-order valence-corrected chi connectivity index (χ0v) is 23.1. The molecular weight excluding hydrogens is 444 g/mol. The maximum Gasteiger partial charge on any atom is 0.205 e. The van der Waals surface area contributed by atoms with E-state index in [-0.39, 0.29) is 11.8 Å². The van der Waals surface area contributed by atoms with Crippen LogP contribution in [0, 0.1) is 23.2 Å². The summed E-state index contributed by atoms with van der Waals surface area (Å²) in [5.41, 5.74) is 10.7. The first kappa shape index (κ1) is 29.0. The van der Waals surface area contributed by atoms with Gasteiger partial charge in [0.25, 0.3) is 0 Å². The highest BCUT2D eigenvalue weighted by Gasteiger charge is 2.35. The van der Waals surface area contributed by atoms with Gasteiger partial charge in [0.15, 0.2) is 0 Å². The molecule has 3 aliphatic rings. The summed E-state index contributed by atoms with van der Waals surface area (Å²) in [5, 5.41) is 9.82. The largest absolute Gasteiger partial charge is 0.445 e. The number of imidazole rings is 1. The lowest BCUT2D eigenvalue weighted by Gasteiger charge is -2.31. The van der Waals surface area contributed by atoms with Crippen molar-refractivity contribution in [2.45, 2.75) is 86.0 Å². The molecule has 0 bridgehead atoms. The molecule has 1 aromatic carbocycles. The van der Waals surface area contributed by atoms with Crippen molar-refractivity contribution in [1.29, 1.82) is 5.26 Å². The first-order chi connectivity index (χ1) is 17.5. The van der Waals surface area contributed by atoms with Gasteiger partial charge in [-0.05, 0) is 54.9 Å². The van der Waals surface area contributed by atoms with E-state index in [0.29, 0.717) is 11.5 Å². The number of aromatic nitrogens is 2. The number of nitrogens with two attached hydrogens (primary N) is 1. The van der Waals surface area contributed by atoms with Crippen LogP contribution in [-0.2, 0) is 4.74 Å². The Morgan fingerprint density at radius 2 is 1.67 bits per heavy atom. The molecule has 2 fully saturated rings. The summed E-state index contributed by atoms with van der Waals surface area (Å²) in [6.45, 7) is 16.6. The van der Waals surface area contributed by atoms with Gasteiger partial charge in [-0.2, -0.15) is 5.26 Å². The smallest absolute Gasteiger partial charge is 0.205 e. The summed E-state index contributed by atoms with van der Waals surface area (Å²) in [5.74, 6) is 2.22. The first-order valence-electron chi connectivity index (χ1n) is 13.6. The summed E-state index contributed by atoms with van der Waals surface area (Å²) >= 11 is 0. The van der Waals surface area contributed by atoms with E-state index in [1.165, 1.54) is 25.7 Å². The first-order valence-corrected chi connectivity index (χ1v) is 13.6. The average Bonchev–Trinajstić information content (AvgIpc) is 3.35. The number of hydrogen-bond donors (Lipinski definition) is 1. The Balaban J connectivity index is 0.000000501. The predicted molar refractivity (Wildman–Crippen MR) is 149 cm³/mol. The molecule has 2 saturated carbocycles. The number of nitrogens with zero attached hydrogens (tertiary/aromatic N) is 3. The number of allylic oxidation sites excluding steroid dienone is 4. The van der Waals surface area contributed by atoms with Crippen molar-refractivity contribution in [1.82, 2.24) is 9.55 Å². The normalized spacial score (nSPS) is 19.0. The van der Waals surface area contributed by atoms with Crippen molar-refractivity contribution in [3.63, 3.8) is 0 Å². The second-order valence-corrected chi connectivity index (χ2v) is 9.15. The summed E-state index contributed by atoms with van der Waals surface area (Å²) in [6.07, 6.45) is 13.1. The summed E-state index contributed by atoms with van der Waals surface area (Å²) in [4.78, 5) is 4.10. The Labute approximate surface area is 218 Å². The monoisotopic (exact) mass is 488 g/mol.